The number of benzene rings is 1. The summed E-state index contributed by atoms with van der Waals surface area (Å²) in [7, 11) is 0. The van der Waals surface area contributed by atoms with Gasteiger partial charge in [-0.2, -0.15) is 5.26 Å². The molecular weight excluding hydrogens is 200 g/mol. The Morgan fingerprint density at radius 1 is 1.12 bits per heavy atom. The number of likely N-dealkylation sites (tertiary alicyclic amines) is 1. The van der Waals surface area contributed by atoms with Gasteiger partial charge in [-0.15, -0.1) is 0 Å². The second kappa shape index (κ2) is 5.00. The van der Waals surface area contributed by atoms with E-state index in [0.29, 0.717) is 0 Å². The number of hydrogen-bond acceptors (Lipinski definition) is 2. The number of nitrogens with zero attached hydrogens (tertiary/aromatic N) is 1. The third-order valence-electron chi connectivity index (χ3n) is 3.26. The maximum atomic E-state index is 9.27. The first kappa shape index (κ1) is 11.0. The van der Waals surface area contributed by atoms with Gasteiger partial charge in [0.1, 0.15) is 11.8 Å². The fourth-order valence-corrected chi connectivity index (χ4v) is 2.36. The number of phenols is 1. The van der Waals surface area contributed by atoms with Crippen LogP contribution in [0.4, 0.5) is 0 Å². The monoisotopic (exact) mass is 217 g/mol. The van der Waals surface area contributed by atoms with E-state index in [1.54, 1.807) is 12.1 Å². The van der Waals surface area contributed by atoms with E-state index in [0.717, 1.165) is 18.7 Å². The Kier molecular flexibility index (Phi) is 3.43. The standard InChI is InChI=1S/C13H16N2O/c14-10-13(15-8-2-1-3-9-15)11-4-6-12(16)7-5-11/h4-7,13,16H,1-3,8-9H2/p+1/t13-/m0/s1. The molecule has 0 bridgehead atoms. The van der Waals surface area contributed by atoms with Crippen molar-refractivity contribution in [1.29, 1.82) is 5.26 Å². The average molecular weight is 217 g/mol. The number of aromatic hydroxyl groups is 1. The molecule has 0 spiro atoms. The summed E-state index contributed by atoms with van der Waals surface area (Å²) in [5, 5.41) is 18.5. The fraction of sp³-hybridized carbons (Fsp3) is 0.462. The third kappa shape index (κ3) is 2.34. The lowest BCUT2D eigenvalue weighted by Crippen LogP contribution is -3.13. The Balaban J connectivity index is 2.15. The van der Waals surface area contributed by atoms with E-state index in [-0.39, 0.29) is 11.8 Å². The highest BCUT2D eigenvalue weighted by Gasteiger charge is 2.25. The van der Waals surface area contributed by atoms with Crippen LogP contribution in [0.1, 0.15) is 30.9 Å². The fourth-order valence-electron chi connectivity index (χ4n) is 2.36. The molecule has 84 valence electrons. The lowest BCUT2D eigenvalue weighted by atomic mass is 10.0. The van der Waals surface area contributed by atoms with Gasteiger partial charge in [-0.25, -0.2) is 0 Å². The van der Waals surface area contributed by atoms with Crippen LogP contribution in [0.5, 0.6) is 5.75 Å². The summed E-state index contributed by atoms with van der Waals surface area (Å²) in [6.07, 6.45) is 3.72. The Bertz CT molecular complexity index is 374. The van der Waals surface area contributed by atoms with Crippen molar-refractivity contribution in [2.45, 2.75) is 25.3 Å². The third-order valence-corrected chi connectivity index (χ3v) is 3.26. The zero-order chi connectivity index (χ0) is 11.4. The number of rotatable bonds is 2. The minimum Gasteiger partial charge on any atom is -0.508 e. The van der Waals surface area contributed by atoms with Gasteiger partial charge in [-0.3, -0.25) is 0 Å². The van der Waals surface area contributed by atoms with Gasteiger partial charge in [0, 0.05) is 5.56 Å². The first-order valence-corrected chi connectivity index (χ1v) is 5.84. The summed E-state index contributed by atoms with van der Waals surface area (Å²) in [5.41, 5.74) is 1.01. The van der Waals surface area contributed by atoms with Crippen LogP contribution in [0.15, 0.2) is 24.3 Å². The SMILES string of the molecule is N#C[C@@H](c1ccc(O)cc1)[NH+]1CCCCC1. The molecule has 3 heteroatoms. The molecule has 16 heavy (non-hydrogen) atoms. The topological polar surface area (TPSA) is 48.5 Å². The van der Waals surface area contributed by atoms with Crippen molar-refractivity contribution in [2.75, 3.05) is 13.1 Å². The van der Waals surface area contributed by atoms with Crippen molar-refractivity contribution in [3.05, 3.63) is 29.8 Å². The van der Waals surface area contributed by atoms with Gasteiger partial charge in [0.15, 0.2) is 0 Å². The number of hydrogen-bond donors (Lipinski definition) is 2. The molecule has 1 aromatic carbocycles. The highest BCUT2D eigenvalue weighted by atomic mass is 16.3. The molecule has 0 amide bonds. The molecule has 0 saturated carbocycles. The second-order valence-corrected chi connectivity index (χ2v) is 4.37. The van der Waals surface area contributed by atoms with Gasteiger partial charge in [0.25, 0.3) is 0 Å². The summed E-state index contributed by atoms with van der Waals surface area (Å²) in [4.78, 5) is 1.36. The van der Waals surface area contributed by atoms with Crippen LogP contribution in [-0.4, -0.2) is 18.2 Å². The van der Waals surface area contributed by atoms with E-state index >= 15 is 0 Å². The highest BCUT2D eigenvalue weighted by molar-refractivity contribution is 5.29. The Morgan fingerprint density at radius 3 is 2.31 bits per heavy atom. The molecule has 2 rings (SSSR count). The van der Waals surface area contributed by atoms with Gasteiger partial charge < -0.3 is 10.0 Å². The van der Waals surface area contributed by atoms with Crippen LogP contribution in [0.2, 0.25) is 0 Å². The van der Waals surface area contributed by atoms with E-state index in [2.05, 4.69) is 6.07 Å². The Labute approximate surface area is 95.9 Å². The maximum absolute atomic E-state index is 9.27. The number of nitriles is 1. The van der Waals surface area contributed by atoms with Crippen molar-refractivity contribution in [3.63, 3.8) is 0 Å². The molecule has 0 unspecified atom stereocenters. The average Bonchev–Trinajstić information content (AvgIpc) is 2.34. The quantitative estimate of drug-likeness (QED) is 0.777. The lowest BCUT2D eigenvalue weighted by molar-refractivity contribution is -0.927. The van der Waals surface area contributed by atoms with Crippen molar-refractivity contribution >= 4 is 0 Å². The normalized spacial score (nSPS) is 18.9. The number of piperidine rings is 1. The minimum atomic E-state index is -0.0825. The lowest BCUT2D eigenvalue weighted by Gasteiger charge is -2.27. The van der Waals surface area contributed by atoms with Crippen molar-refractivity contribution in [3.8, 4) is 11.8 Å². The number of phenolic OH excluding ortho intramolecular Hbond substituents is 1. The summed E-state index contributed by atoms with van der Waals surface area (Å²) < 4.78 is 0. The Morgan fingerprint density at radius 2 is 1.75 bits per heavy atom. The zero-order valence-electron chi connectivity index (χ0n) is 9.32. The van der Waals surface area contributed by atoms with Crippen LogP contribution < -0.4 is 4.90 Å². The van der Waals surface area contributed by atoms with Crippen LogP contribution >= 0.6 is 0 Å². The van der Waals surface area contributed by atoms with E-state index in [9.17, 15) is 10.4 Å². The number of nitrogens with one attached hydrogen (secondary N) is 1. The molecule has 1 aromatic rings. The Hall–Kier alpha value is -1.53. The van der Waals surface area contributed by atoms with Crippen molar-refractivity contribution < 1.29 is 10.0 Å². The van der Waals surface area contributed by atoms with Crippen LogP contribution in [-0.2, 0) is 0 Å². The first-order valence-electron chi connectivity index (χ1n) is 5.84. The predicted octanol–water partition coefficient (Wildman–Crippen LogP) is 1.03. The van der Waals surface area contributed by atoms with E-state index in [1.165, 1.54) is 24.2 Å². The molecule has 0 aromatic heterocycles. The minimum absolute atomic E-state index is 0.0825. The maximum Gasteiger partial charge on any atom is 0.200 e. The van der Waals surface area contributed by atoms with Gasteiger partial charge in [0.2, 0.25) is 6.04 Å². The molecular formula is C13H17N2O+. The van der Waals surface area contributed by atoms with E-state index in [4.69, 9.17) is 0 Å². The first-order chi connectivity index (χ1) is 7.81. The van der Waals surface area contributed by atoms with E-state index in [1.807, 2.05) is 12.1 Å². The molecule has 1 heterocycles. The molecule has 2 N–H and O–H groups in total. The van der Waals surface area contributed by atoms with Gasteiger partial charge in [-0.1, -0.05) is 0 Å². The van der Waals surface area contributed by atoms with Crippen LogP contribution in [0, 0.1) is 11.3 Å². The van der Waals surface area contributed by atoms with Crippen molar-refractivity contribution in [1.82, 2.24) is 0 Å². The molecule has 3 nitrogen and oxygen atoms in total. The second-order valence-electron chi connectivity index (χ2n) is 4.37. The molecule has 0 aliphatic carbocycles. The molecule has 1 saturated heterocycles. The number of quaternary nitrogens is 1. The highest BCUT2D eigenvalue weighted by Crippen LogP contribution is 2.15. The van der Waals surface area contributed by atoms with Gasteiger partial charge in [0.05, 0.1) is 13.1 Å². The van der Waals surface area contributed by atoms with Crippen molar-refractivity contribution in [2.24, 2.45) is 0 Å². The summed E-state index contributed by atoms with van der Waals surface area (Å²) in [6, 6.07) is 9.32. The van der Waals surface area contributed by atoms with E-state index < -0.39 is 0 Å². The molecule has 0 radical (unpaired) electrons. The molecule has 1 aliphatic rings. The predicted molar refractivity (Wildman–Crippen MR) is 61.0 cm³/mol. The van der Waals surface area contributed by atoms with Gasteiger partial charge >= 0.3 is 0 Å². The van der Waals surface area contributed by atoms with Crippen LogP contribution in [0.25, 0.3) is 0 Å². The summed E-state index contributed by atoms with van der Waals surface area (Å²) >= 11 is 0. The largest absolute Gasteiger partial charge is 0.508 e. The molecule has 1 fully saturated rings. The molecule has 1 aliphatic heterocycles. The van der Waals surface area contributed by atoms with Crippen LogP contribution in [0.3, 0.4) is 0 Å². The summed E-state index contributed by atoms with van der Waals surface area (Å²) in [6.45, 7) is 2.16. The smallest absolute Gasteiger partial charge is 0.200 e. The zero-order valence-corrected chi connectivity index (χ0v) is 9.32. The molecule has 1 atom stereocenters. The summed E-state index contributed by atoms with van der Waals surface area (Å²) in [5.74, 6) is 0.258. The van der Waals surface area contributed by atoms with Gasteiger partial charge in [-0.05, 0) is 43.5 Å².